The third-order valence-electron chi connectivity index (χ3n) is 2.99. The second-order valence-corrected chi connectivity index (χ2v) is 4.62. The highest BCUT2D eigenvalue weighted by molar-refractivity contribution is 5.67. The van der Waals surface area contributed by atoms with Crippen LogP contribution in [0.3, 0.4) is 0 Å². The number of aryl methyl sites for hydroxylation is 2. The summed E-state index contributed by atoms with van der Waals surface area (Å²) in [5.74, 6) is -0.424. The van der Waals surface area contributed by atoms with Gasteiger partial charge in [0.15, 0.2) is 5.82 Å². The van der Waals surface area contributed by atoms with E-state index in [4.69, 9.17) is 9.84 Å². The Labute approximate surface area is 121 Å². The van der Waals surface area contributed by atoms with Gasteiger partial charge in [-0.2, -0.15) is 10.2 Å². The molecule has 0 saturated heterocycles. The Morgan fingerprint density at radius 3 is 2.81 bits per heavy atom. The molecule has 2 aromatic rings. The number of hydrogen-bond acceptors (Lipinski definition) is 7. The molecule has 1 N–H and O–H groups in total. The van der Waals surface area contributed by atoms with E-state index in [0.717, 1.165) is 11.3 Å². The zero-order valence-corrected chi connectivity index (χ0v) is 12.0. The summed E-state index contributed by atoms with van der Waals surface area (Å²) in [6.07, 6.45) is -0.636. The fourth-order valence-corrected chi connectivity index (χ4v) is 1.91. The van der Waals surface area contributed by atoms with Crippen LogP contribution < -0.4 is 0 Å². The summed E-state index contributed by atoms with van der Waals surface area (Å²) in [6, 6.07) is 1.84. The molecule has 9 nitrogen and oxygen atoms in total. The minimum Gasteiger partial charge on any atom is -0.481 e. The molecule has 0 aliphatic carbocycles. The Morgan fingerprint density at radius 1 is 1.38 bits per heavy atom. The smallest absolute Gasteiger partial charge is 0.306 e. The van der Waals surface area contributed by atoms with E-state index in [1.165, 1.54) is 11.8 Å². The third kappa shape index (κ3) is 3.57. The van der Waals surface area contributed by atoms with Gasteiger partial charge < -0.3 is 9.84 Å². The van der Waals surface area contributed by atoms with E-state index in [9.17, 15) is 4.79 Å². The van der Waals surface area contributed by atoms with Crippen molar-refractivity contribution in [2.75, 3.05) is 7.11 Å². The Balaban J connectivity index is 2.30. The fraction of sp³-hybridized carbons (Fsp3) is 0.500. The Bertz CT molecular complexity index is 642. The maximum atomic E-state index is 10.8. The van der Waals surface area contributed by atoms with Gasteiger partial charge in [-0.25, -0.2) is 4.68 Å². The number of aromatic nitrogens is 6. The van der Waals surface area contributed by atoms with Gasteiger partial charge in [0.05, 0.1) is 30.5 Å². The summed E-state index contributed by atoms with van der Waals surface area (Å²) < 4.78 is 6.67. The van der Waals surface area contributed by atoms with Gasteiger partial charge in [0.1, 0.15) is 0 Å². The normalized spacial score (nSPS) is 12.3. The molecule has 1 unspecified atom stereocenters. The average molecular weight is 292 g/mol. The largest absolute Gasteiger partial charge is 0.481 e. The molecular weight excluding hydrogens is 276 g/mol. The molecule has 1 atom stereocenters. The molecule has 0 aromatic carbocycles. The molecule has 0 aliphatic heterocycles. The van der Waals surface area contributed by atoms with Crippen LogP contribution in [-0.2, 0) is 16.1 Å². The van der Waals surface area contributed by atoms with Gasteiger partial charge in [0.25, 0.3) is 0 Å². The monoisotopic (exact) mass is 292 g/mol. The number of carboxylic acid groups (broad SMARTS) is 1. The number of nitrogens with zero attached hydrogens (tertiary/aromatic N) is 6. The lowest BCUT2D eigenvalue weighted by Crippen LogP contribution is -2.23. The SMILES string of the molecule is COC(CC(=O)O)Cn1nnnc1-c1cc(C)nnc1C. The van der Waals surface area contributed by atoms with Crippen LogP contribution in [-0.4, -0.2) is 54.7 Å². The fourth-order valence-electron chi connectivity index (χ4n) is 1.91. The molecule has 0 amide bonds. The highest BCUT2D eigenvalue weighted by Crippen LogP contribution is 2.19. The first-order valence-electron chi connectivity index (χ1n) is 6.33. The molecule has 0 saturated carbocycles. The first-order valence-corrected chi connectivity index (χ1v) is 6.33. The summed E-state index contributed by atoms with van der Waals surface area (Å²) in [5.41, 5.74) is 2.21. The predicted octanol–water partition coefficient (Wildman–Crippen LogP) is 0.237. The number of rotatable bonds is 6. The van der Waals surface area contributed by atoms with E-state index >= 15 is 0 Å². The molecule has 112 valence electrons. The predicted molar refractivity (Wildman–Crippen MR) is 71.4 cm³/mol. The molecule has 0 bridgehead atoms. The van der Waals surface area contributed by atoms with Crippen molar-refractivity contribution in [3.05, 3.63) is 17.5 Å². The Morgan fingerprint density at radius 2 is 2.14 bits per heavy atom. The molecule has 2 heterocycles. The van der Waals surface area contributed by atoms with Crippen LogP contribution in [0.2, 0.25) is 0 Å². The number of hydrogen-bond donors (Lipinski definition) is 1. The molecule has 9 heteroatoms. The van der Waals surface area contributed by atoms with Crippen LogP contribution in [0.4, 0.5) is 0 Å². The molecular formula is C12H16N6O3. The van der Waals surface area contributed by atoms with Crippen molar-refractivity contribution in [3.8, 4) is 11.4 Å². The van der Waals surface area contributed by atoms with Crippen LogP contribution in [0.15, 0.2) is 6.07 Å². The standard InChI is InChI=1S/C12H16N6O3/c1-7-4-10(8(2)14-13-7)12-15-16-17-18(12)6-9(21-3)5-11(19)20/h4,9H,5-6H2,1-3H3,(H,19,20). The van der Waals surface area contributed by atoms with Gasteiger partial charge in [-0.15, -0.1) is 5.10 Å². The van der Waals surface area contributed by atoms with E-state index in [1.54, 1.807) is 0 Å². The van der Waals surface area contributed by atoms with Crippen molar-refractivity contribution in [3.63, 3.8) is 0 Å². The number of ether oxygens (including phenoxy) is 1. The maximum Gasteiger partial charge on any atom is 0.306 e. The number of aliphatic carboxylic acids is 1. The number of methoxy groups -OCH3 is 1. The molecule has 0 spiro atoms. The first-order chi connectivity index (χ1) is 10.0. The molecule has 21 heavy (non-hydrogen) atoms. The van der Waals surface area contributed by atoms with Crippen LogP contribution in [0.5, 0.6) is 0 Å². The lowest BCUT2D eigenvalue weighted by molar-refractivity contribution is -0.140. The third-order valence-corrected chi connectivity index (χ3v) is 2.99. The quantitative estimate of drug-likeness (QED) is 0.804. The second kappa shape index (κ2) is 6.35. The van der Waals surface area contributed by atoms with E-state index < -0.39 is 12.1 Å². The van der Waals surface area contributed by atoms with Gasteiger partial charge in [0.2, 0.25) is 0 Å². The summed E-state index contributed by atoms with van der Waals surface area (Å²) in [6.45, 7) is 3.88. The van der Waals surface area contributed by atoms with Crippen LogP contribution in [0, 0.1) is 13.8 Å². The zero-order chi connectivity index (χ0) is 15.4. The molecule has 0 fully saturated rings. The van der Waals surface area contributed by atoms with Crippen LogP contribution in [0.1, 0.15) is 17.8 Å². The van der Waals surface area contributed by atoms with Gasteiger partial charge >= 0.3 is 5.97 Å². The van der Waals surface area contributed by atoms with Crippen LogP contribution >= 0.6 is 0 Å². The van der Waals surface area contributed by atoms with Crippen molar-refractivity contribution in [1.82, 2.24) is 30.4 Å². The summed E-state index contributed by atoms with van der Waals surface area (Å²) >= 11 is 0. The summed E-state index contributed by atoms with van der Waals surface area (Å²) in [4.78, 5) is 10.8. The Kier molecular flexibility index (Phi) is 4.53. The highest BCUT2D eigenvalue weighted by Gasteiger charge is 2.19. The lowest BCUT2D eigenvalue weighted by atomic mass is 10.2. The molecule has 0 aliphatic rings. The van der Waals surface area contributed by atoms with Gasteiger partial charge in [-0.05, 0) is 30.3 Å². The van der Waals surface area contributed by atoms with Crippen molar-refractivity contribution in [2.45, 2.75) is 32.9 Å². The van der Waals surface area contributed by atoms with Crippen molar-refractivity contribution >= 4 is 5.97 Å². The minimum absolute atomic E-state index is 0.123. The summed E-state index contributed by atoms with van der Waals surface area (Å²) in [7, 11) is 1.46. The molecule has 2 aromatic heterocycles. The first kappa shape index (κ1) is 15.0. The van der Waals surface area contributed by atoms with E-state index in [-0.39, 0.29) is 13.0 Å². The van der Waals surface area contributed by atoms with E-state index in [2.05, 4.69) is 25.7 Å². The topological polar surface area (TPSA) is 116 Å². The Hall–Kier alpha value is -2.42. The lowest BCUT2D eigenvalue weighted by Gasteiger charge is -2.14. The van der Waals surface area contributed by atoms with Gasteiger partial charge in [-0.3, -0.25) is 4.79 Å². The summed E-state index contributed by atoms with van der Waals surface area (Å²) in [5, 5.41) is 28.4. The van der Waals surface area contributed by atoms with Crippen molar-refractivity contribution < 1.29 is 14.6 Å². The highest BCUT2D eigenvalue weighted by atomic mass is 16.5. The van der Waals surface area contributed by atoms with Crippen molar-refractivity contribution in [2.24, 2.45) is 0 Å². The average Bonchev–Trinajstić information content (AvgIpc) is 2.88. The number of tetrazole rings is 1. The maximum absolute atomic E-state index is 10.8. The molecule has 2 rings (SSSR count). The van der Waals surface area contributed by atoms with Crippen LogP contribution in [0.25, 0.3) is 11.4 Å². The zero-order valence-electron chi connectivity index (χ0n) is 12.0. The second-order valence-electron chi connectivity index (χ2n) is 4.62. The minimum atomic E-state index is -0.936. The molecule has 0 radical (unpaired) electrons. The van der Waals surface area contributed by atoms with E-state index in [1.807, 2.05) is 19.9 Å². The van der Waals surface area contributed by atoms with Crippen molar-refractivity contribution in [1.29, 1.82) is 0 Å². The van der Waals surface area contributed by atoms with Gasteiger partial charge in [0, 0.05) is 12.7 Å². The van der Waals surface area contributed by atoms with E-state index in [0.29, 0.717) is 11.5 Å². The van der Waals surface area contributed by atoms with Gasteiger partial charge in [-0.1, -0.05) is 0 Å². The number of carbonyl (C=O) groups is 1. The number of carboxylic acids is 1.